The van der Waals surface area contributed by atoms with Gasteiger partial charge in [0.05, 0.1) is 11.2 Å². The van der Waals surface area contributed by atoms with Crippen LogP contribution in [0.2, 0.25) is 0 Å². The number of sulfone groups is 1. The Hall–Kier alpha value is -2.64. The van der Waals surface area contributed by atoms with Crippen LogP contribution in [0.4, 0.5) is 5.82 Å². The van der Waals surface area contributed by atoms with Crippen LogP contribution in [0.15, 0.2) is 41.8 Å². The molecule has 5 atom stereocenters. The van der Waals surface area contributed by atoms with Gasteiger partial charge >= 0.3 is 0 Å². The molecular weight excluding hydrogens is 402 g/mol. The lowest BCUT2D eigenvalue weighted by Crippen LogP contribution is -2.42. The van der Waals surface area contributed by atoms with Gasteiger partial charge < -0.3 is 25.8 Å². The lowest BCUT2D eigenvalue weighted by atomic mass is 10.1. The molecular formula is C17H19N5O6S. The Kier molecular flexibility index (Phi) is 4.75. The van der Waals surface area contributed by atoms with Crippen LogP contribution in [0.1, 0.15) is 11.8 Å². The summed E-state index contributed by atoms with van der Waals surface area (Å²) in [6, 6.07) is 5.88. The SMILES string of the molecule is Cc1ccc(S(=O)(=O)[C@H](O)[C@H]2O[C@@H](n3cnc4c(N)ncnc43)[C@@H](O)[C@H]2O)cc1. The van der Waals surface area contributed by atoms with Crippen molar-refractivity contribution < 1.29 is 28.5 Å². The zero-order valence-corrected chi connectivity index (χ0v) is 16.0. The molecule has 29 heavy (non-hydrogen) atoms. The van der Waals surface area contributed by atoms with E-state index < -0.39 is 39.8 Å². The van der Waals surface area contributed by atoms with Crippen LogP contribution < -0.4 is 5.73 Å². The minimum atomic E-state index is -4.25. The summed E-state index contributed by atoms with van der Waals surface area (Å²) in [4.78, 5) is 11.8. The summed E-state index contributed by atoms with van der Waals surface area (Å²) >= 11 is 0. The standard InChI is InChI=1S/C17H19N5O6S/c1-8-2-4-9(5-3-8)29(26,27)17(25)13-11(23)12(24)16(28-13)22-7-21-10-14(18)19-6-20-15(10)22/h2-7,11-13,16-17,23-25H,1H3,(H2,18,19,20)/t11-,12+,13+,16-,17+/m1/s1. The highest BCUT2D eigenvalue weighted by Gasteiger charge is 2.51. The lowest BCUT2D eigenvalue weighted by molar-refractivity contribution is -0.0615. The van der Waals surface area contributed by atoms with Gasteiger partial charge in [0.2, 0.25) is 9.84 Å². The summed E-state index contributed by atoms with van der Waals surface area (Å²) < 4.78 is 32.4. The highest BCUT2D eigenvalue weighted by molar-refractivity contribution is 7.92. The van der Waals surface area contributed by atoms with Crippen molar-refractivity contribution in [3.63, 3.8) is 0 Å². The zero-order valence-electron chi connectivity index (χ0n) is 15.2. The predicted octanol–water partition coefficient (Wildman–Crippen LogP) is -0.872. The molecule has 3 aromatic rings. The third kappa shape index (κ3) is 3.14. The Bertz CT molecular complexity index is 1150. The summed E-state index contributed by atoms with van der Waals surface area (Å²) in [5.74, 6) is 0.111. The van der Waals surface area contributed by atoms with Gasteiger partial charge in [-0.1, -0.05) is 17.7 Å². The van der Waals surface area contributed by atoms with E-state index in [1.165, 1.54) is 29.4 Å². The van der Waals surface area contributed by atoms with Gasteiger partial charge in [-0.25, -0.2) is 23.4 Å². The number of imidazole rings is 1. The first-order chi connectivity index (χ1) is 13.7. The van der Waals surface area contributed by atoms with Crippen molar-refractivity contribution in [2.75, 3.05) is 5.73 Å². The highest BCUT2D eigenvalue weighted by Crippen LogP contribution is 2.35. The van der Waals surface area contributed by atoms with Gasteiger partial charge in [0.1, 0.15) is 30.2 Å². The molecule has 2 aromatic heterocycles. The number of rotatable bonds is 4. The number of benzene rings is 1. The number of aliphatic hydroxyl groups excluding tert-OH is 3. The van der Waals surface area contributed by atoms with Crippen molar-refractivity contribution in [3.05, 3.63) is 42.5 Å². The van der Waals surface area contributed by atoms with Crippen LogP contribution in [0.25, 0.3) is 11.2 Å². The van der Waals surface area contributed by atoms with E-state index in [1.54, 1.807) is 19.1 Å². The summed E-state index contributed by atoms with van der Waals surface area (Å²) in [5, 5.41) is 31.3. The Morgan fingerprint density at radius 1 is 1.14 bits per heavy atom. The molecule has 0 saturated carbocycles. The van der Waals surface area contributed by atoms with E-state index in [4.69, 9.17) is 10.5 Å². The Balaban J connectivity index is 1.66. The normalized spacial score (nSPS) is 26.1. The number of nitrogens with zero attached hydrogens (tertiary/aromatic N) is 4. The lowest BCUT2D eigenvalue weighted by Gasteiger charge is -2.21. The minimum Gasteiger partial charge on any atom is -0.387 e. The van der Waals surface area contributed by atoms with E-state index in [2.05, 4.69) is 15.0 Å². The second kappa shape index (κ2) is 7.00. The van der Waals surface area contributed by atoms with Crippen LogP contribution in [0.5, 0.6) is 0 Å². The second-order valence-corrected chi connectivity index (χ2v) is 8.85. The Morgan fingerprint density at radius 2 is 1.83 bits per heavy atom. The van der Waals surface area contributed by atoms with E-state index in [-0.39, 0.29) is 21.9 Å². The third-order valence-corrected chi connectivity index (χ3v) is 6.72. The number of aromatic nitrogens is 4. The van der Waals surface area contributed by atoms with E-state index >= 15 is 0 Å². The molecule has 1 aliphatic heterocycles. The molecule has 0 amide bonds. The fourth-order valence-electron chi connectivity index (χ4n) is 3.25. The maximum absolute atomic E-state index is 12.8. The quantitative estimate of drug-likeness (QED) is 0.414. The number of aliphatic hydroxyl groups is 3. The number of fused-ring (bicyclic) bond motifs is 1. The molecule has 1 saturated heterocycles. The van der Waals surface area contributed by atoms with E-state index in [9.17, 15) is 23.7 Å². The van der Waals surface area contributed by atoms with Gasteiger partial charge in [-0.2, -0.15) is 0 Å². The van der Waals surface area contributed by atoms with Gasteiger partial charge in [0.15, 0.2) is 23.1 Å². The Labute approximate surface area is 165 Å². The molecule has 0 spiro atoms. The Morgan fingerprint density at radius 3 is 2.52 bits per heavy atom. The fourth-order valence-corrected chi connectivity index (χ4v) is 4.62. The number of nitrogens with two attached hydrogens (primary N) is 1. The first-order valence-corrected chi connectivity index (χ1v) is 10.2. The number of nitrogen functional groups attached to an aromatic ring is 1. The van der Waals surface area contributed by atoms with Crippen LogP contribution in [0.3, 0.4) is 0 Å². The average Bonchev–Trinajstić information content (AvgIpc) is 3.24. The maximum atomic E-state index is 12.8. The third-order valence-electron chi connectivity index (χ3n) is 4.88. The van der Waals surface area contributed by atoms with Crippen molar-refractivity contribution in [2.45, 2.75) is 41.8 Å². The molecule has 1 aliphatic rings. The molecule has 0 bridgehead atoms. The van der Waals surface area contributed by atoms with Crippen molar-refractivity contribution in [3.8, 4) is 0 Å². The minimum absolute atomic E-state index is 0.111. The van der Waals surface area contributed by atoms with Crippen LogP contribution in [-0.4, -0.2) is 67.0 Å². The molecule has 0 unspecified atom stereocenters. The van der Waals surface area contributed by atoms with Gasteiger partial charge in [0, 0.05) is 0 Å². The number of aryl methyl sites for hydroxylation is 1. The molecule has 5 N–H and O–H groups in total. The van der Waals surface area contributed by atoms with E-state index in [1.807, 2.05) is 0 Å². The van der Waals surface area contributed by atoms with Gasteiger partial charge in [-0.15, -0.1) is 0 Å². The monoisotopic (exact) mass is 421 g/mol. The van der Waals surface area contributed by atoms with Gasteiger partial charge in [0.25, 0.3) is 0 Å². The molecule has 11 nitrogen and oxygen atoms in total. The number of hydrogen-bond donors (Lipinski definition) is 4. The van der Waals surface area contributed by atoms with Crippen LogP contribution in [-0.2, 0) is 14.6 Å². The fraction of sp³-hybridized carbons (Fsp3) is 0.353. The molecule has 3 heterocycles. The largest absolute Gasteiger partial charge is 0.387 e. The maximum Gasteiger partial charge on any atom is 0.207 e. The predicted molar refractivity (Wildman–Crippen MR) is 100 cm³/mol. The molecule has 154 valence electrons. The summed E-state index contributed by atoms with van der Waals surface area (Å²) in [6.45, 7) is 1.80. The molecule has 0 radical (unpaired) electrons. The molecule has 1 fully saturated rings. The topological polar surface area (TPSA) is 174 Å². The van der Waals surface area contributed by atoms with Crippen molar-refractivity contribution in [2.24, 2.45) is 0 Å². The van der Waals surface area contributed by atoms with Crippen molar-refractivity contribution in [1.82, 2.24) is 19.5 Å². The summed E-state index contributed by atoms with van der Waals surface area (Å²) in [7, 11) is -4.25. The molecule has 0 aliphatic carbocycles. The van der Waals surface area contributed by atoms with E-state index in [0.29, 0.717) is 0 Å². The van der Waals surface area contributed by atoms with E-state index in [0.717, 1.165) is 5.56 Å². The second-order valence-electron chi connectivity index (χ2n) is 6.80. The summed E-state index contributed by atoms with van der Waals surface area (Å²) in [5.41, 5.74) is 4.97. The molecule has 12 heteroatoms. The number of anilines is 1. The van der Waals surface area contributed by atoms with Crippen LogP contribution >= 0.6 is 0 Å². The molecule has 4 rings (SSSR count). The van der Waals surface area contributed by atoms with Crippen molar-refractivity contribution in [1.29, 1.82) is 0 Å². The zero-order chi connectivity index (χ0) is 20.9. The molecule has 1 aromatic carbocycles. The number of ether oxygens (including phenoxy) is 1. The highest BCUT2D eigenvalue weighted by atomic mass is 32.2. The number of hydrogen-bond acceptors (Lipinski definition) is 10. The van der Waals surface area contributed by atoms with Crippen molar-refractivity contribution >= 4 is 26.8 Å². The first kappa shape index (κ1) is 19.7. The average molecular weight is 421 g/mol. The van der Waals surface area contributed by atoms with Gasteiger partial charge in [-0.3, -0.25) is 4.57 Å². The van der Waals surface area contributed by atoms with Crippen LogP contribution in [0, 0.1) is 6.92 Å². The summed E-state index contributed by atoms with van der Waals surface area (Å²) in [6.07, 6.45) is -3.58. The smallest absolute Gasteiger partial charge is 0.207 e. The van der Waals surface area contributed by atoms with Gasteiger partial charge in [-0.05, 0) is 19.1 Å². The first-order valence-electron chi connectivity index (χ1n) is 8.65.